The minimum Gasteiger partial charge on any atom is -0.497 e. The maximum Gasteiger partial charge on any atom is 0.242 e. The van der Waals surface area contributed by atoms with Crippen LogP contribution in [0.25, 0.3) is 0 Å². The van der Waals surface area contributed by atoms with Gasteiger partial charge in [-0.1, -0.05) is 18.2 Å². The van der Waals surface area contributed by atoms with E-state index >= 15 is 0 Å². The van der Waals surface area contributed by atoms with Crippen molar-refractivity contribution in [3.05, 3.63) is 48.5 Å². The largest absolute Gasteiger partial charge is 0.497 e. The van der Waals surface area contributed by atoms with E-state index in [9.17, 15) is 13.2 Å². The summed E-state index contributed by atoms with van der Waals surface area (Å²) >= 11 is 0. The summed E-state index contributed by atoms with van der Waals surface area (Å²) in [5.41, 5.74) is 0.416. The van der Waals surface area contributed by atoms with Gasteiger partial charge in [0.1, 0.15) is 11.5 Å². The lowest BCUT2D eigenvalue weighted by Gasteiger charge is -2.16. The van der Waals surface area contributed by atoms with Gasteiger partial charge in [-0.2, -0.15) is 4.72 Å². The number of ether oxygens (including phenoxy) is 2. The third-order valence-corrected chi connectivity index (χ3v) is 5.00. The van der Waals surface area contributed by atoms with E-state index in [1.54, 1.807) is 36.4 Å². The first kappa shape index (κ1) is 18.8. The van der Waals surface area contributed by atoms with Gasteiger partial charge in [-0.05, 0) is 31.2 Å². The van der Waals surface area contributed by atoms with Crippen LogP contribution < -0.4 is 19.5 Å². The molecular weight excluding hydrogens is 344 g/mol. The topological polar surface area (TPSA) is 93.7 Å². The van der Waals surface area contributed by atoms with Crippen molar-refractivity contribution in [3.8, 4) is 11.5 Å². The molecule has 0 saturated carbocycles. The Labute approximate surface area is 147 Å². The smallest absolute Gasteiger partial charge is 0.242 e. The fourth-order valence-electron chi connectivity index (χ4n) is 2.10. The summed E-state index contributed by atoms with van der Waals surface area (Å²) < 4.78 is 37.2. The molecule has 7 nitrogen and oxygen atoms in total. The fourth-order valence-corrected chi connectivity index (χ4v) is 3.32. The monoisotopic (exact) mass is 364 g/mol. The van der Waals surface area contributed by atoms with Crippen molar-refractivity contribution in [3.63, 3.8) is 0 Å². The van der Waals surface area contributed by atoms with Crippen LogP contribution in [0.3, 0.4) is 0 Å². The van der Waals surface area contributed by atoms with Crippen molar-refractivity contribution in [2.24, 2.45) is 0 Å². The number of sulfonamides is 1. The third kappa shape index (κ3) is 4.71. The Balaban J connectivity index is 2.11. The van der Waals surface area contributed by atoms with E-state index in [-0.39, 0.29) is 4.90 Å². The average Bonchev–Trinajstić information content (AvgIpc) is 2.62. The van der Waals surface area contributed by atoms with Crippen molar-refractivity contribution in [2.45, 2.75) is 17.9 Å². The van der Waals surface area contributed by atoms with Gasteiger partial charge in [-0.25, -0.2) is 8.42 Å². The van der Waals surface area contributed by atoms with E-state index in [1.807, 2.05) is 0 Å². The number of hydrogen-bond donors (Lipinski definition) is 2. The summed E-state index contributed by atoms with van der Waals surface area (Å²) in [7, 11) is -0.800. The molecule has 0 aliphatic carbocycles. The molecule has 2 rings (SSSR count). The maximum absolute atomic E-state index is 12.3. The molecule has 0 aromatic heterocycles. The van der Waals surface area contributed by atoms with Gasteiger partial charge in [0.05, 0.1) is 30.8 Å². The van der Waals surface area contributed by atoms with Crippen LogP contribution in [-0.2, 0) is 14.8 Å². The van der Waals surface area contributed by atoms with Crippen molar-refractivity contribution in [1.82, 2.24) is 4.72 Å². The minimum atomic E-state index is -3.79. The van der Waals surface area contributed by atoms with Crippen molar-refractivity contribution in [1.29, 1.82) is 0 Å². The first-order valence-corrected chi connectivity index (χ1v) is 8.96. The number of rotatable bonds is 7. The zero-order valence-corrected chi connectivity index (χ0v) is 15.0. The van der Waals surface area contributed by atoms with Crippen LogP contribution in [-0.4, -0.2) is 34.6 Å². The summed E-state index contributed by atoms with van der Waals surface area (Å²) in [6, 6.07) is 11.8. The molecule has 1 atom stereocenters. The predicted molar refractivity (Wildman–Crippen MR) is 94.4 cm³/mol. The van der Waals surface area contributed by atoms with E-state index in [4.69, 9.17) is 9.47 Å². The minimum absolute atomic E-state index is 0.0941. The Morgan fingerprint density at radius 1 is 1.04 bits per heavy atom. The quantitative estimate of drug-likeness (QED) is 0.784. The first-order valence-electron chi connectivity index (χ1n) is 7.47. The van der Waals surface area contributed by atoms with Gasteiger partial charge in [-0.3, -0.25) is 4.79 Å². The first-order chi connectivity index (χ1) is 11.9. The average molecular weight is 364 g/mol. The number of amides is 1. The van der Waals surface area contributed by atoms with Gasteiger partial charge in [0.15, 0.2) is 0 Å². The second kappa shape index (κ2) is 8.00. The van der Waals surface area contributed by atoms with Gasteiger partial charge < -0.3 is 14.8 Å². The molecule has 25 heavy (non-hydrogen) atoms. The Hall–Kier alpha value is -2.58. The molecule has 0 spiro atoms. The van der Waals surface area contributed by atoms with Crippen LogP contribution in [0, 0.1) is 0 Å². The zero-order chi connectivity index (χ0) is 18.4. The number of carbonyl (C=O) groups is 1. The van der Waals surface area contributed by atoms with Crippen LogP contribution in [0.5, 0.6) is 11.5 Å². The highest BCUT2D eigenvalue weighted by Crippen LogP contribution is 2.29. The van der Waals surface area contributed by atoms with Crippen LogP contribution in [0.4, 0.5) is 5.69 Å². The summed E-state index contributed by atoms with van der Waals surface area (Å²) in [6.07, 6.45) is 0. The Bertz CT molecular complexity index is 837. The van der Waals surface area contributed by atoms with Crippen molar-refractivity contribution < 1.29 is 22.7 Å². The number of methoxy groups -OCH3 is 2. The van der Waals surface area contributed by atoms with E-state index in [0.717, 1.165) is 0 Å². The van der Waals surface area contributed by atoms with E-state index < -0.39 is 22.0 Å². The number of carbonyl (C=O) groups excluding carboxylic acids is 1. The standard InChI is InChI=1S/C17H20N2O5S/c1-12(19-25(21,22)14-7-5-4-6-8-14)17(20)18-15-10-9-13(23-2)11-16(15)24-3/h4-12,19H,1-3H3,(H,18,20). The Kier molecular flexibility index (Phi) is 6.00. The molecule has 0 bridgehead atoms. The second-order valence-electron chi connectivity index (χ2n) is 5.21. The van der Waals surface area contributed by atoms with Crippen molar-refractivity contribution in [2.75, 3.05) is 19.5 Å². The molecule has 1 unspecified atom stereocenters. The van der Waals surface area contributed by atoms with Crippen LogP contribution in [0.2, 0.25) is 0 Å². The molecule has 2 aromatic carbocycles. The van der Waals surface area contributed by atoms with Gasteiger partial charge >= 0.3 is 0 Å². The highest BCUT2D eigenvalue weighted by atomic mass is 32.2. The second-order valence-corrected chi connectivity index (χ2v) is 6.93. The summed E-state index contributed by atoms with van der Waals surface area (Å²) in [5.74, 6) is 0.474. The van der Waals surface area contributed by atoms with Gasteiger partial charge in [0, 0.05) is 6.07 Å². The lowest BCUT2D eigenvalue weighted by Crippen LogP contribution is -2.41. The molecule has 8 heteroatoms. The highest BCUT2D eigenvalue weighted by molar-refractivity contribution is 7.89. The molecule has 0 heterocycles. The molecular formula is C17H20N2O5S. The van der Waals surface area contributed by atoms with Crippen LogP contribution in [0.1, 0.15) is 6.92 Å². The Morgan fingerprint density at radius 2 is 1.72 bits per heavy atom. The zero-order valence-electron chi connectivity index (χ0n) is 14.1. The number of anilines is 1. The fraction of sp³-hybridized carbons (Fsp3) is 0.235. The lowest BCUT2D eigenvalue weighted by molar-refractivity contribution is -0.117. The normalized spacial score (nSPS) is 12.3. The van der Waals surface area contributed by atoms with E-state index in [1.165, 1.54) is 33.3 Å². The molecule has 0 fully saturated rings. The summed E-state index contributed by atoms with van der Waals surface area (Å²) in [5, 5.41) is 2.64. The molecule has 134 valence electrons. The number of hydrogen-bond acceptors (Lipinski definition) is 5. The molecule has 0 saturated heterocycles. The molecule has 0 aliphatic rings. The molecule has 0 aliphatic heterocycles. The highest BCUT2D eigenvalue weighted by Gasteiger charge is 2.22. The van der Waals surface area contributed by atoms with Crippen LogP contribution in [0.15, 0.2) is 53.4 Å². The molecule has 2 N–H and O–H groups in total. The SMILES string of the molecule is COc1ccc(NC(=O)C(C)NS(=O)(=O)c2ccccc2)c(OC)c1. The van der Waals surface area contributed by atoms with Gasteiger partial charge in [-0.15, -0.1) is 0 Å². The van der Waals surface area contributed by atoms with E-state index in [2.05, 4.69) is 10.0 Å². The summed E-state index contributed by atoms with van der Waals surface area (Å²) in [6.45, 7) is 1.46. The van der Waals surface area contributed by atoms with Gasteiger partial charge in [0.25, 0.3) is 0 Å². The maximum atomic E-state index is 12.3. The Morgan fingerprint density at radius 3 is 2.32 bits per heavy atom. The number of benzene rings is 2. The molecule has 2 aromatic rings. The predicted octanol–water partition coefficient (Wildman–Crippen LogP) is 2.01. The van der Waals surface area contributed by atoms with Crippen molar-refractivity contribution >= 4 is 21.6 Å². The summed E-state index contributed by atoms with van der Waals surface area (Å²) in [4.78, 5) is 12.4. The molecule has 1 amide bonds. The molecule has 0 radical (unpaired) electrons. The third-order valence-electron chi connectivity index (χ3n) is 3.45. The van der Waals surface area contributed by atoms with Crippen LogP contribution >= 0.6 is 0 Å². The lowest BCUT2D eigenvalue weighted by atomic mass is 10.2. The number of nitrogens with one attached hydrogen (secondary N) is 2. The van der Waals surface area contributed by atoms with Gasteiger partial charge in [0.2, 0.25) is 15.9 Å². The van der Waals surface area contributed by atoms with E-state index in [0.29, 0.717) is 17.2 Å².